The molecule has 0 aromatic heterocycles. The van der Waals surface area contributed by atoms with Crippen LogP contribution in [-0.4, -0.2) is 33.2 Å². The molecular formula is C6H5F3N2O3S. The van der Waals surface area contributed by atoms with Gasteiger partial charge in [-0.3, -0.25) is 0 Å². The molecule has 0 aliphatic carbocycles. The summed E-state index contributed by atoms with van der Waals surface area (Å²) in [5, 5.41) is 20.7. The van der Waals surface area contributed by atoms with Crippen molar-refractivity contribution in [3.05, 3.63) is 11.8 Å². The summed E-state index contributed by atoms with van der Waals surface area (Å²) in [5.41, 5.74) is -4.94. The smallest absolute Gasteiger partial charge is 0.441 e. The third-order valence-electron chi connectivity index (χ3n) is 1.67. The molecule has 0 saturated carbocycles. The lowest BCUT2D eigenvalue weighted by Gasteiger charge is -2.35. The molecule has 0 unspecified atom stereocenters. The highest BCUT2D eigenvalue weighted by Crippen LogP contribution is 2.35. The molecule has 0 saturated heterocycles. The van der Waals surface area contributed by atoms with Crippen LogP contribution in [0.15, 0.2) is 11.8 Å². The summed E-state index contributed by atoms with van der Waals surface area (Å²) >= 11 is 4.34. The Kier molecular flexibility index (Phi) is 2.62. The SMILES string of the molecule is O=C(O)C1=CNC(=S)N[C@]1(O)C(F)(F)F. The number of nitrogens with one attached hydrogen (secondary N) is 2. The number of halogens is 3. The summed E-state index contributed by atoms with van der Waals surface area (Å²) in [6.45, 7) is 0. The Balaban J connectivity index is 3.24. The predicted molar refractivity (Wildman–Crippen MR) is 45.6 cm³/mol. The van der Waals surface area contributed by atoms with Gasteiger partial charge in [0, 0.05) is 6.20 Å². The van der Waals surface area contributed by atoms with Gasteiger partial charge in [-0.15, -0.1) is 0 Å². The minimum absolute atomic E-state index is 0.495. The van der Waals surface area contributed by atoms with Crippen molar-refractivity contribution in [1.82, 2.24) is 10.6 Å². The quantitative estimate of drug-likeness (QED) is 0.472. The largest absolute Gasteiger partial charge is 0.478 e. The zero-order chi connectivity index (χ0) is 11.9. The van der Waals surface area contributed by atoms with Crippen LogP contribution in [0.25, 0.3) is 0 Å². The average molecular weight is 242 g/mol. The van der Waals surface area contributed by atoms with Crippen LogP contribution >= 0.6 is 12.2 Å². The van der Waals surface area contributed by atoms with E-state index in [4.69, 9.17) is 5.11 Å². The molecule has 0 aromatic rings. The number of thiocarbonyl (C=S) groups is 1. The van der Waals surface area contributed by atoms with Crippen LogP contribution in [-0.2, 0) is 4.79 Å². The third-order valence-corrected chi connectivity index (χ3v) is 1.89. The van der Waals surface area contributed by atoms with Gasteiger partial charge in [-0.2, -0.15) is 13.2 Å². The standard InChI is InChI=1S/C6H5F3N2O3S/c7-6(8,9)5(14)2(3(12)13)1-10-4(15)11-5/h1,14H,(H,12,13)(H2,10,11,15)/t5-/m1/s1. The van der Waals surface area contributed by atoms with Gasteiger partial charge in [0.05, 0.1) is 0 Å². The molecule has 0 amide bonds. The highest BCUT2D eigenvalue weighted by atomic mass is 32.1. The van der Waals surface area contributed by atoms with Crippen molar-refractivity contribution in [3.63, 3.8) is 0 Å². The Morgan fingerprint density at radius 1 is 1.53 bits per heavy atom. The minimum Gasteiger partial charge on any atom is -0.478 e. The number of carbonyl (C=O) groups is 1. The summed E-state index contributed by atoms with van der Waals surface area (Å²) in [6, 6.07) is 0. The van der Waals surface area contributed by atoms with Crippen molar-refractivity contribution < 1.29 is 28.2 Å². The average Bonchev–Trinajstić information content (AvgIpc) is 2.00. The fourth-order valence-electron chi connectivity index (χ4n) is 0.950. The number of rotatable bonds is 1. The molecule has 1 atom stereocenters. The number of aliphatic carboxylic acids is 1. The van der Waals surface area contributed by atoms with Crippen LogP contribution in [0.2, 0.25) is 0 Å². The van der Waals surface area contributed by atoms with E-state index in [0.717, 1.165) is 0 Å². The molecule has 5 nitrogen and oxygen atoms in total. The van der Waals surface area contributed by atoms with Gasteiger partial charge >= 0.3 is 12.1 Å². The number of hydrogen-bond acceptors (Lipinski definition) is 3. The fraction of sp³-hybridized carbons (Fsp3) is 0.333. The topological polar surface area (TPSA) is 81.6 Å². The lowest BCUT2D eigenvalue weighted by atomic mass is 10.0. The monoisotopic (exact) mass is 242 g/mol. The van der Waals surface area contributed by atoms with Gasteiger partial charge in [0.2, 0.25) is 0 Å². The second kappa shape index (κ2) is 3.35. The first-order chi connectivity index (χ1) is 6.68. The Morgan fingerprint density at radius 3 is 2.47 bits per heavy atom. The number of hydrogen-bond donors (Lipinski definition) is 4. The maximum absolute atomic E-state index is 12.4. The molecule has 1 heterocycles. The second-order valence-electron chi connectivity index (χ2n) is 2.67. The fourth-order valence-corrected chi connectivity index (χ4v) is 1.16. The molecular weight excluding hydrogens is 237 g/mol. The van der Waals surface area contributed by atoms with Gasteiger partial charge in [0.15, 0.2) is 5.11 Å². The van der Waals surface area contributed by atoms with E-state index in [-0.39, 0.29) is 0 Å². The van der Waals surface area contributed by atoms with Crippen molar-refractivity contribution in [1.29, 1.82) is 0 Å². The molecule has 0 bridgehead atoms. The predicted octanol–water partition coefficient (Wildman–Crippen LogP) is -0.317. The van der Waals surface area contributed by atoms with Gasteiger partial charge < -0.3 is 20.8 Å². The summed E-state index contributed by atoms with van der Waals surface area (Å²) in [5.74, 6) is -1.91. The van der Waals surface area contributed by atoms with Crippen molar-refractivity contribution >= 4 is 23.3 Å². The summed E-state index contributed by atoms with van der Waals surface area (Å²) in [6.07, 6.45) is -4.70. The van der Waals surface area contributed by atoms with Crippen LogP contribution in [0.4, 0.5) is 13.2 Å². The highest BCUT2D eigenvalue weighted by molar-refractivity contribution is 7.80. The van der Waals surface area contributed by atoms with E-state index in [1.807, 2.05) is 0 Å². The van der Waals surface area contributed by atoms with E-state index in [1.165, 1.54) is 5.32 Å². The molecule has 0 spiro atoms. The second-order valence-corrected chi connectivity index (χ2v) is 3.08. The maximum atomic E-state index is 12.4. The van der Waals surface area contributed by atoms with Gasteiger partial charge in [0.25, 0.3) is 5.72 Å². The molecule has 0 radical (unpaired) electrons. The number of alkyl halides is 3. The van der Waals surface area contributed by atoms with E-state index in [0.29, 0.717) is 6.20 Å². The number of aliphatic hydroxyl groups is 1. The van der Waals surface area contributed by atoms with Gasteiger partial charge in [-0.25, -0.2) is 4.79 Å². The molecule has 1 aliphatic rings. The Hall–Kier alpha value is -1.35. The van der Waals surface area contributed by atoms with Gasteiger partial charge in [-0.1, -0.05) is 0 Å². The first kappa shape index (κ1) is 11.7. The Labute approximate surface area is 86.6 Å². The lowest BCUT2D eigenvalue weighted by Crippen LogP contribution is -2.65. The van der Waals surface area contributed by atoms with Gasteiger partial charge in [0.1, 0.15) is 5.57 Å². The summed E-state index contributed by atoms with van der Waals surface area (Å²) < 4.78 is 37.2. The first-order valence-electron chi connectivity index (χ1n) is 3.50. The van der Waals surface area contributed by atoms with Crippen molar-refractivity contribution in [2.24, 2.45) is 0 Å². The molecule has 84 valence electrons. The zero-order valence-corrected chi connectivity index (χ0v) is 7.74. The lowest BCUT2D eigenvalue weighted by molar-refractivity contribution is -0.252. The number of carboxylic acids is 1. The molecule has 1 aliphatic heterocycles. The maximum Gasteiger partial charge on any atom is 0.441 e. The van der Waals surface area contributed by atoms with Crippen LogP contribution < -0.4 is 10.6 Å². The molecule has 1 rings (SSSR count). The van der Waals surface area contributed by atoms with Crippen molar-refractivity contribution in [2.45, 2.75) is 11.9 Å². The van der Waals surface area contributed by atoms with Gasteiger partial charge in [-0.05, 0) is 12.2 Å². The molecule has 9 heteroatoms. The van der Waals surface area contributed by atoms with Crippen molar-refractivity contribution in [2.75, 3.05) is 0 Å². The van der Waals surface area contributed by atoms with E-state index in [9.17, 15) is 23.1 Å². The minimum atomic E-state index is -5.19. The van der Waals surface area contributed by atoms with E-state index in [2.05, 4.69) is 17.5 Å². The van der Waals surface area contributed by atoms with Crippen LogP contribution in [0.3, 0.4) is 0 Å². The van der Waals surface area contributed by atoms with Crippen molar-refractivity contribution in [3.8, 4) is 0 Å². The Morgan fingerprint density at radius 2 is 2.07 bits per heavy atom. The molecule has 4 N–H and O–H groups in total. The zero-order valence-electron chi connectivity index (χ0n) is 6.92. The van der Waals surface area contributed by atoms with Crippen LogP contribution in [0, 0.1) is 0 Å². The van der Waals surface area contributed by atoms with Crippen LogP contribution in [0.1, 0.15) is 0 Å². The van der Waals surface area contributed by atoms with E-state index >= 15 is 0 Å². The summed E-state index contributed by atoms with van der Waals surface area (Å²) in [4.78, 5) is 10.5. The number of carboxylic acid groups (broad SMARTS) is 1. The molecule has 0 aromatic carbocycles. The highest BCUT2D eigenvalue weighted by Gasteiger charge is 2.60. The third kappa shape index (κ3) is 1.88. The molecule has 0 fully saturated rings. The summed E-state index contributed by atoms with van der Waals surface area (Å²) in [7, 11) is 0. The Bertz CT molecular complexity index is 354. The van der Waals surface area contributed by atoms with E-state index < -0.39 is 28.6 Å². The molecule has 15 heavy (non-hydrogen) atoms. The first-order valence-corrected chi connectivity index (χ1v) is 3.91. The van der Waals surface area contributed by atoms with Crippen LogP contribution in [0.5, 0.6) is 0 Å². The van der Waals surface area contributed by atoms with E-state index in [1.54, 1.807) is 0 Å². The normalized spacial score (nSPS) is 26.4.